The lowest BCUT2D eigenvalue weighted by Gasteiger charge is -2.27. The van der Waals surface area contributed by atoms with Gasteiger partial charge in [-0.25, -0.2) is 4.79 Å². The summed E-state index contributed by atoms with van der Waals surface area (Å²) in [6, 6.07) is 8.43. The Kier molecular flexibility index (Phi) is 4.88. The second-order valence-electron chi connectivity index (χ2n) is 6.69. The van der Waals surface area contributed by atoms with Crippen molar-refractivity contribution in [1.82, 2.24) is 10.2 Å². The standard InChI is InChI=1S/C17H26N2O2/c1-13-4-6-15(7-5-13)17(2,3)12-18-16(21)19-9-8-14(10-19)11-20/h4-7,14,20H,8-12H2,1-3H3,(H,18,21). The molecule has 0 radical (unpaired) electrons. The van der Waals surface area contributed by atoms with Gasteiger partial charge in [0.15, 0.2) is 0 Å². The lowest BCUT2D eigenvalue weighted by molar-refractivity contribution is 0.196. The van der Waals surface area contributed by atoms with Gasteiger partial charge in [-0.3, -0.25) is 0 Å². The van der Waals surface area contributed by atoms with Crippen LogP contribution in [0.15, 0.2) is 24.3 Å². The monoisotopic (exact) mass is 290 g/mol. The molecule has 0 aromatic heterocycles. The van der Waals surface area contributed by atoms with E-state index in [0.29, 0.717) is 13.1 Å². The molecule has 0 aliphatic carbocycles. The van der Waals surface area contributed by atoms with E-state index in [9.17, 15) is 4.79 Å². The lowest BCUT2D eigenvalue weighted by Crippen LogP contribution is -2.44. The molecule has 0 bridgehead atoms. The van der Waals surface area contributed by atoms with Crippen LogP contribution in [0, 0.1) is 12.8 Å². The molecule has 0 spiro atoms. The normalized spacial score (nSPS) is 18.9. The van der Waals surface area contributed by atoms with Gasteiger partial charge in [0.25, 0.3) is 0 Å². The highest BCUT2D eigenvalue weighted by Crippen LogP contribution is 2.23. The number of carbonyl (C=O) groups excluding carboxylic acids is 1. The number of benzene rings is 1. The lowest BCUT2D eigenvalue weighted by atomic mass is 9.84. The number of hydrogen-bond acceptors (Lipinski definition) is 2. The zero-order valence-electron chi connectivity index (χ0n) is 13.2. The molecule has 1 saturated heterocycles. The molecule has 2 amide bonds. The molecule has 1 aliphatic heterocycles. The Labute approximate surface area is 127 Å². The summed E-state index contributed by atoms with van der Waals surface area (Å²) in [5, 5.41) is 12.2. The molecule has 4 heteroatoms. The fourth-order valence-electron chi connectivity index (χ4n) is 2.68. The molecule has 116 valence electrons. The molecular weight excluding hydrogens is 264 g/mol. The number of aryl methyl sites for hydroxylation is 1. The van der Waals surface area contributed by atoms with E-state index in [-0.39, 0.29) is 24.0 Å². The minimum Gasteiger partial charge on any atom is -0.396 e. The molecular formula is C17H26N2O2. The maximum absolute atomic E-state index is 12.2. The van der Waals surface area contributed by atoms with E-state index in [1.807, 2.05) is 0 Å². The van der Waals surface area contributed by atoms with Gasteiger partial charge in [0.05, 0.1) is 0 Å². The Bertz CT molecular complexity index is 482. The summed E-state index contributed by atoms with van der Waals surface area (Å²) in [5.41, 5.74) is 2.37. The van der Waals surface area contributed by atoms with Crippen LogP contribution >= 0.6 is 0 Å². The van der Waals surface area contributed by atoms with Crippen LogP contribution in [-0.4, -0.2) is 42.3 Å². The smallest absolute Gasteiger partial charge is 0.317 e. The Balaban J connectivity index is 1.89. The maximum Gasteiger partial charge on any atom is 0.317 e. The van der Waals surface area contributed by atoms with Crippen LogP contribution in [0.4, 0.5) is 4.79 Å². The molecule has 1 unspecified atom stereocenters. The van der Waals surface area contributed by atoms with Crippen LogP contribution in [0.2, 0.25) is 0 Å². The first-order valence-corrected chi connectivity index (χ1v) is 7.63. The van der Waals surface area contributed by atoms with Gasteiger partial charge in [0.1, 0.15) is 0 Å². The summed E-state index contributed by atoms with van der Waals surface area (Å²) >= 11 is 0. The number of nitrogens with zero attached hydrogens (tertiary/aromatic N) is 1. The van der Waals surface area contributed by atoms with Gasteiger partial charge in [0, 0.05) is 37.6 Å². The van der Waals surface area contributed by atoms with Crippen molar-refractivity contribution in [2.75, 3.05) is 26.2 Å². The Morgan fingerprint density at radius 3 is 2.62 bits per heavy atom. The summed E-state index contributed by atoms with van der Waals surface area (Å²) in [7, 11) is 0. The fraction of sp³-hybridized carbons (Fsp3) is 0.588. The van der Waals surface area contributed by atoms with Crippen molar-refractivity contribution in [2.24, 2.45) is 5.92 Å². The number of aliphatic hydroxyl groups excluding tert-OH is 1. The minimum absolute atomic E-state index is 0.0221. The average molecular weight is 290 g/mol. The second-order valence-corrected chi connectivity index (χ2v) is 6.69. The number of amides is 2. The predicted octanol–water partition coefficient (Wildman–Crippen LogP) is 2.30. The van der Waals surface area contributed by atoms with Crippen molar-refractivity contribution >= 4 is 6.03 Å². The zero-order valence-corrected chi connectivity index (χ0v) is 13.2. The molecule has 2 rings (SSSR count). The van der Waals surface area contributed by atoms with E-state index in [1.54, 1.807) is 4.90 Å². The first kappa shape index (κ1) is 15.8. The van der Waals surface area contributed by atoms with Crippen LogP contribution in [0.1, 0.15) is 31.4 Å². The van der Waals surface area contributed by atoms with E-state index in [0.717, 1.165) is 13.0 Å². The third-order valence-electron chi connectivity index (χ3n) is 4.35. The van der Waals surface area contributed by atoms with Gasteiger partial charge in [-0.05, 0) is 18.9 Å². The number of hydrogen-bond donors (Lipinski definition) is 2. The Morgan fingerprint density at radius 2 is 2.05 bits per heavy atom. The third kappa shape index (κ3) is 3.97. The van der Waals surface area contributed by atoms with Crippen LogP contribution < -0.4 is 5.32 Å². The number of nitrogens with one attached hydrogen (secondary N) is 1. The molecule has 1 aliphatic rings. The topological polar surface area (TPSA) is 52.6 Å². The van der Waals surface area contributed by atoms with Crippen molar-refractivity contribution in [3.63, 3.8) is 0 Å². The molecule has 4 nitrogen and oxygen atoms in total. The van der Waals surface area contributed by atoms with Gasteiger partial charge >= 0.3 is 6.03 Å². The highest BCUT2D eigenvalue weighted by atomic mass is 16.3. The Hall–Kier alpha value is -1.55. The van der Waals surface area contributed by atoms with Gasteiger partial charge in [0.2, 0.25) is 0 Å². The summed E-state index contributed by atoms with van der Waals surface area (Å²) in [6.45, 7) is 8.52. The van der Waals surface area contributed by atoms with E-state index in [1.165, 1.54) is 11.1 Å². The minimum atomic E-state index is -0.0978. The molecule has 1 atom stereocenters. The van der Waals surface area contributed by atoms with Gasteiger partial charge < -0.3 is 15.3 Å². The molecule has 0 saturated carbocycles. The zero-order chi connectivity index (χ0) is 15.5. The summed E-state index contributed by atoms with van der Waals surface area (Å²) < 4.78 is 0. The largest absolute Gasteiger partial charge is 0.396 e. The second kappa shape index (κ2) is 6.48. The third-order valence-corrected chi connectivity index (χ3v) is 4.35. The molecule has 21 heavy (non-hydrogen) atoms. The van der Waals surface area contributed by atoms with E-state index < -0.39 is 0 Å². The van der Waals surface area contributed by atoms with Gasteiger partial charge in [-0.2, -0.15) is 0 Å². The predicted molar refractivity (Wildman–Crippen MR) is 84.4 cm³/mol. The van der Waals surface area contributed by atoms with Crippen LogP contribution in [0.5, 0.6) is 0 Å². The SMILES string of the molecule is Cc1ccc(C(C)(C)CNC(=O)N2CCC(CO)C2)cc1. The van der Waals surface area contributed by atoms with E-state index in [4.69, 9.17) is 5.11 Å². The number of likely N-dealkylation sites (tertiary alicyclic amines) is 1. The maximum atomic E-state index is 12.2. The molecule has 2 N–H and O–H groups in total. The van der Waals surface area contributed by atoms with Crippen LogP contribution in [0.3, 0.4) is 0 Å². The summed E-state index contributed by atoms with van der Waals surface area (Å²) in [5.74, 6) is 0.237. The van der Waals surface area contributed by atoms with Crippen molar-refractivity contribution in [1.29, 1.82) is 0 Å². The molecule has 1 fully saturated rings. The molecule has 1 aromatic rings. The van der Waals surface area contributed by atoms with Crippen molar-refractivity contribution in [3.8, 4) is 0 Å². The van der Waals surface area contributed by atoms with E-state index in [2.05, 4.69) is 50.4 Å². The van der Waals surface area contributed by atoms with E-state index >= 15 is 0 Å². The van der Waals surface area contributed by atoms with Crippen LogP contribution in [0.25, 0.3) is 0 Å². The van der Waals surface area contributed by atoms with Gasteiger partial charge in [-0.1, -0.05) is 43.7 Å². The fourth-order valence-corrected chi connectivity index (χ4v) is 2.68. The molecule has 1 heterocycles. The highest BCUT2D eigenvalue weighted by Gasteiger charge is 2.27. The quantitative estimate of drug-likeness (QED) is 0.894. The number of aliphatic hydroxyl groups is 1. The summed E-state index contributed by atoms with van der Waals surface area (Å²) in [4.78, 5) is 14.0. The molecule has 1 aromatic carbocycles. The first-order valence-electron chi connectivity index (χ1n) is 7.63. The Morgan fingerprint density at radius 1 is 1.38 bits per heavy atom. The summed E-state index contributed by atoms with van der Waals surface area (Å²) in [6.07, 6.45) is 0.894. The van der Waals surface area contributed by atoms with Crippen molar-refractivity contribution < 1.29 is 9.90 Å². The number of urea groups is 1. The number of carbonyl (C=O) groups is 1. The van der Waals surface area contributed by atoms with Gasteiger partial charge in [-0.15, -0.1) is 0 Å². The average Bonchev–Trinajstić information content (AvgIpc) is 2.94. The first-order chi connectivity index (χ1) is 9.92. The number of rotatable bonds is 4. The highest BCUT2D eigenvalue weighted by molar-refractivity contribution is 5.74. The van der Waals surface area contributed by atoms with Crippen LogP contribution in [-0.2, 0) is 5.41 Å². The van der Waals surface area contributed by atoms with Crippen molar-refractivity contribution in [3.05, 3.63) is 35.4 Å². The van der Waals surface area contributed by atoms with Crippen molar-refractivity contribution in [2.45, 2.75) is 32.6 Å².